The molecule has 0 unspecified atom stereocenters. The number of allylic oxidation sites excluding steroid dienone is 4. The van der Waals surface area contributed by atoms with Crippen LogP contribution in [-0.4, -0.2) is 19.0 Å². The van der Waals surface area contributed by atoms with Gasteiger partial charge in [-0.05, 0) is 0 Å². The summed E-state index contributed by atoms with van der Waals surface area (Å²) in [6.07, 6.45) is 17.1. The Hall–Kier alpha value is 1.36. The zero-order valence-electron chi connectivity index (χ0n) is 12.7. The van der Waals surface area contributed by atoms with Crippen LogP contribution in [0.2, 0.25) is 24.2 Å². The van der Waals surface area contributed by atoms with Crippen LogP contribution in [0.15, 0.2) is 21.6 Å². The molecule has 0 atom stereocenters. The Bertz CT molecular complexity index is 215. The van der Waals surface area contributed by atoms with Gasteiger partial charge in [-0.2, -0.15) is 0 Å². The summed E-state index contributed by atoms with van der Waals surface area (Å²) in [5.74, 6) is 0. The Kier molecular flexibility index (Phi) is 21.8. The molecule has 0 aromatic carbocycles. The SMILES string of the molecule is C1CC[SiH2]CC1.C1CC[SiH2]CC1.[Cl-].[Cl-].[Hf+2][C]1=CC=CC1. The maximum absolute atomic E-state index is 2.20. The van der Waals surface area contributed by atoms with Gasteiger partial charge in [0.15, 0.2) is 0 Å². The number of hydrogen-bond donors (Lipinski definition) is 0. The summed E-state index contributed by atoms with van der Waals surface area (Å²) in [6.45, 7) is 0. The summed E-state index contributed by atoms with van der Waals surface area (Å²) in [6, 6.07) is 6.56. The molecule has 0 aromatic heterocycles. The van der Waals surface area contributed by atoms with Crippen molar-refractivity contribution in [3.8, 4) is 0 Å². The van der Waals surface area contributed by atoms with E-state index >= 15 is 0 Å². The van der Waals surface area contributed by atoms with Gasteiger partial charge in [0.25, 0.3) is 0 Å². The van der Waals surface area contributed by atoms with Gasteiger partial charge in [-0.1, -0.05) is 62.7 Å². The third-order valence-electron chi connectivity index (χ3n) is 3.77. The fourth-order valence-corrected chi connectivity index (χ4v) is 6.87. The molecule has 0 nitrogen and oxygen atoms in total. The van der Waals surface area contributed by atoms with Crippen LogP contribution < -0.4 is 24.8 Å². The van der Waals surface area contributed by atoms with E-state index in [1.165, 1.54) is 43.6 Å². The van der Waals surface area contributed by atoms with Crippen molar-refractivity contribution >= 4 is 19.0 Å². The molecule has 5 heteroatoms. The normalized spacial score (nSPS) is 20.0. The summed E-state index contributed by atoms with van der Waals surface area (Å²) >= 11 is 1.25. The average molecular weight is 515 g/mol. The molecule has 115 valence electrons. The third-order valence-corrected chi connectivity index (χ3v) is 9.10. The molecule has 20 heavy (non-hydrogen) atoms. The molecule has 3 aliphatic rings. The first-order valence-corrected chi connectivity index (χ1v) is 13.8. The molecular weight excluding hydrogens is 486 g/mol. The summed E-state index contributed by atoms with van der Waals surface area (Å²) in [7, 11) is 1.02. The summed E-state index contributed by atoms with van der Waals surface area (Å²) in [5.41, 5.74) is 0. The molecule has 0 aromatic rings. The second kappa shape index (κ2) is 18.4. The first-order valence-electron chi connectivity index (χ1n) is 7.97. The summed E-state index contributed by atoms with van der Waals surface area (Å²) in [5, 5.41) is 0. The minimum atomic E-state index is 0. The molecule has 2 heterocycles. The Labute approximate surface area is 158 Å². The van der Waals surface area contributed by atoms with Crippen LogP contribution in [0.5, 0.6) is 0 Å². The predicted molar refractivity (Wildman–Crippen MR) is 85.9 cm³/mol. The minimum absolute atomic E-state index is 0. The van der Waals surface area contributed by atoms with Gasteiger partial charge in [0.05, 0.1) is 0 Å². The molecular formula is C15H29Cl2HfSi2. The molecule has 3 rings (SSSR count). The first kappa shape index (κ1) is 23.6. The van der Waals surface area contributed by atoms with E-state index in [1.807, 2.05) is 0 Å². The maximum atomic E-state index is 2.20. The fraction of sp³-hybridized carbons (Fsp3) is 0.733. The van der Waals surface area contributed by atoms with Crippen LogP contribution in [-0.2, 0) is 24.4 Å². The molecule has 1 aliphatic carbocycles. The zero-order chi connectivity index (χ0) is 12.9. The summed E-state index contributed by atoms with van der Waals surface area (Å²) in [4.78, 5) is 0. The summed E-state index contributed by atoms with van der Waals surface area (Å²) < 4.78 is 1.61. The van der Waals surface area contributed by atoms with Crippen molar-refractivity contribution in [2.75, 3.05) is 0 Å². The van der Waals surface area contributed by atoms with E-state index in [-0.39, 0.29) is 24.8 Å². The van der Waals surface area contributed by atoms with Crippen molar-refractivity contribution in [1.82, 2.24) is 0 Å². The molecule has 0 N–H and O–H groups in total. The number of hydrogen-bond acceptors (Lipinski definition) is 0. The van der Waals surface area contributed by atoms with E-state index in [2.05, 4.69) is 18.2 Å². The van der Waals surface area contributed by atoms with Crippen LogP contribution in [0, 0.1) is 0 Å². The van der Waals surface area contributed by atoms with Crippen LogP contribution in [0.3, 0.4) is 0 Å². The van der Waals surface area contributed by atoms with Gasteiger partial charge >= 0.3 is 52.4 Å². The number of rotatable bonds is 0. The standard InChI is InChI=1S/2C5H12Si.C5H5.2ClH.Hf/c2*1-2-4-6-5-3-1;1-2-4-5-3-1;;;/h2*1-6H2;1-3H,4H2;2*1H;/q;;;;;+2/p-2. The molecule has 0 spiro atoms. The zero-order valence-corrected chi connectivity index (χ0v) is 20.6. The van der Waals surface area contributed by atoms with Crippen LogP contribution in [0.4, 0.5) is 0 Å². The second-order valence-electron chi connectivity index (χ2n) is 5.57. The Morgan fingerprint density at radius 2 is 1.20 bits per heavy atom. The predicted octanol–water partition coefficient (Wildman–Crippen LogP) is -2.26. The van der Waals surface area contributed by atoms with Gasteiger partial charge in [-0.15, -0.1) is 0 Å². The van der Waals surface area contributed by atoms with Gasteiger partial charge in [-0.25, -0.2) is 0 Å². The first-order chi connectivity index (χ1) is 8.89. The quantitative estimate of drug-likeness (QED) is 0.320. The van der Waals surface area contributed by atoms with E-state index in [4.69, 9.17) is 0 Å². The van der Waals surface area contributed by atoms with Gasteiger partial charge in [0, 0.05) is 19.0 Å². The van der Waals surface area contributed by atoms with Crippen molar-refractivity contribution in [2.24, 2.45) is 0 Å². The second-order valence-corrected chi connectivity index (χ2v) is 12.1. The van der Waals surface area contributed by atoms with Crippen LogP contribution >= 0.6 is 0 Å². The van der Waals surface area contributed by atoms with E-state index in [9.17, 15) is 0 Å². The van der Waals surface area contributed by atoms with Crippen molar-refractivity contribution in [3.63, 3.8) is 0 Å². The average Bonchev–Trinajstić information content (AvgIpc) is 2.95. The molecule has 2 saturated heterocycles. The van der Waals surface area contributed by atoms with Gasteiger partial charge in [0.1, 0.15) is 0 Å². The molecule has 0 amide bonds. The van der Waals surface area contributed by atoms with E-state index in [0.717, 1.165) is 0 Å². The number of halogens is 2. The fourth-order valence-electron chi connectivity index (χ4n) is 2.57. The van der Waals surface area contributed by atoms with Crippen molar-refractivity contribution < 1.29 is 49.2 Å². The van der Waals surface area contributed by atoms with Gasteiger partial charge in [0.2, 0.25) is 0 Å². The topological polar surface area (TPSA) is 0 Å². The molecule has 0 saturated carbocycles. The molecule has 2 fully saturated rings. The van der Waals surface area contributed by atoms with E-state index < -0.39 is 0 Å². The third kappa shape index (κ3) is 15.7. The monoisotopic (exact) mass is 515 g/mol. The molecule has 0 bridgehead atoms. The molecule has 2 aliphatic heterocycles. The van der Waals surface area contributed by atoms with Crippen molar-refractivity contribution in [2.45, 2.75) is 69.1 Å². The van der Waals surface area contributed by atoms with E-state index in [1.54, 1.807) is 53.2 Å². The van der Waals surface area contributed by atoms with E-state index in [0.29, 0.717) is 19.0 Å². The van der Waals surface area contributed by atoms with Crippen molar-refractivity contribution in [3.05, 3.63) is 21.6 Å². The Balaban J connectivity index is 0. The van der Waals surface area contributed by atoms with Crippen LogP contribution in [0.1, 0.15) is 44.9 Å². The van der Waals surface area contributed by atoms with Crippen LogP contribution in [0.25, 0.3) is 0 Å². The molecule has 0 radical (unpaired) electrons. The Morgan fingerprint density at radius 3 is 1.30 bits per heavy atom. The van der Waals surface area contributed by atoms with Gasteiger partial charge < -0.3 is 24.8 Å². The van der Waals surface area contributed by atoms with Gasteiger partial charge in [-0.3, -0.25) is 0 Å². The van der Waals surface area contributed by atoms with Crippen molar-refractivity contribution in [1.29, 1.82) is 0 Å². The Morgan fingerprint density at radius 1 is 0.750 bits per heavy atom.